The number of carbonyl (C=O) groups excluding carboxylic acids is 2. The maximum absolute atomic E-state index is 12.5. The van der Waals surface area contributed by atoms with Crippen molar-refractivity contribution >= 4 is 25.7 Å². The lowest BCUT2D eigenvalue weighted by molar-refractivity contribution is -0.161. The third kappa shape index (κ3) is 28.0. The number of carboxylic acid groups (broad SMARTS) is 1. The molecule has 0 radical (unpaired) electrons. The van der Waals surface area contributed by atoms with E-state index in [1.807, 2.05) is 0 Å². The zero-order valence-corrected chi connectivity index (χ0v) is 28.4. The van der Waals surface area contributed by atoms with Crippen molar-refractivity contribution in [2.24, 2.45) is 5.73 Å². The van der Waals surface area contributed by atoms with Crippen LogP contribution in [-0.4, -0.2) is 59.9 Å². The molecular formula is C32H62NO10P. The Morgan fingerprint density at radius 1 is 0.614 bits per heavy atom. The third-order valence-corrected chi connectivity index (χ3v) is 8.31. The lowest BCUT2D eigenvalue weighted by atomic mass is 10.0. The van der Waals surface area contributed by atoms with Gasteiger partial charge in [0.15, 0.2) is 6.10 Å². The molecule has 0 aliphatic carbocycles. The van der Waals surface area contributed by atoms with Gasteiger partial charge in [0, 0.05) is 12.8 Å². The molecule has 0 saturated carbocycles. The van der Waals surface area contributed by atoms with Crippen molar-refractivity contribution in [3.8, 4) is 0 Å². The number of ether oxygens (including phenoxy) is 2. The van der Waals surface area contributed by atoms with Gasteiger partial charge < -0.3 is 25.2 Å². The molecule has 0 aromatic heterocycles. The second-order valence-electron chi connectivity index (χ2n) is 11.7. The summed E-state index contributed by atoms with van der Waals surface area (Å²) in [6.07, 6.45) is 22.0. The number of esters is 2. The number of rotatable bonds is 32. The fourth-order valence-electron chi connectivity index (χ4n) is 4.59. The van der Waals surface area contributed by atoms with Crippen molar-refractivity contribution in [3.05, 3.63) is 0 Å². The fourth-order valence-corrected chi connectivity index (χ4v) is 5.37. The molecule has 11 nitrogen and oxygen atoms in total. The molecule has 44 heavy (non-hydrogen) atoms. The Bertz CT molecular complexity index is 782. The van der Waals surface area contributed by atoms with Crippen LogP contribution in [0.4, 0.5) is 0 Å². The summed E-state index contributed by atoms with van der Waals surface area (Å²) >= 11 is 0. The third-order valence-electron chi connectivity index (χ3n) is 7.36. The molecule has 3 atom stereocenters. The first-order valence-corrected chi connectivity index (χ1v) is 18.6. The molecule has 0 heterocycles. The number of unbranched alkanes of at least 4 members (excludes halogenated alkanes) is 18. The van der Waals surface area contributed by atoms with Gasteiger partial charge in [-0.15, -0.1) is 0 Å². The van der Waals surface area contributed by atoms with Crippen LogP contribution in [0, 0.1) is 0 Å². The first-order chi connectivity index (χ1) is 21.1. The van der Waals surface area contributed by atoms with Gasteiger partial charge in [0.1, 0.15) is 12.6 Å². The number of nitrogens with two attached hydrogens (primary N) is 1. The summed E-state index contributed by atoms with van der Waals surface area (Å²) in [6, 6.07) is -1.51. The first kappa shape index (κ1) is 42.5. The van der Waals surface area contributed by atoms with Crippen LogP contribution in [0.1, 0.15) is 155 Å². The van der Waals surface area contributed by atoms with Crippen LogP contribution >= 0.6 is 7.82 Å². The fraction of sp³-hybridized carbons (Fsp3) is 0.906. The van der Waals surface area contributed by atoms with Crippen molar-refractivity contribution in [1.82, 2.24) is 0 Å². The maximum Gasteiger partial charge on any atom is 0.472 e. The molecule has 0 saturated heterocycles. The van der Waals surface area contributed by atoms with E-state index in [0.717, 1.165) is 38.5 Å². The van der Waals surface area contributed by atoms with Gasteiger partial charge in [-0.3, -0.25) is 23.4 Å². The minimum Gasteiger partial charge on any atom is -0.480 e. The summed E-state index contributed by atoms with van der Waals surface area (Å²) in [5.74, 6) is -2.38. The molecule has 0 aromatic carbocycles. The number of hydrogen-bond donors (Lipinski definition) is 3. The highest BCUT2D eigenvalue weighted by molar-refractivity contribution is 7.47. The smallest absolute Gasteiger partial charge is 0.472 e. The van der Waals surface area contributed by atoms with Gasteiger partial charge >= 0.3 is 25.7 Å². The zero-order valence-electron chi connectivity index (χ0n) is 27.5. The highest BCUT2D eigenvalue weighted by Crippen LogP contribution is 2.43. The summed E-state index contributed by atoms with van der Waals surface area (Å²) in [5.41, 5.74) is 5.29. The number of carbonyl (C=O) groups is 3. The Morgan fingerprint density at radius 3 is 1.43 bits per heavy atom. The van der Waals surface area contributed by atoms with Crippen LogP contribution in [0.15, 0.2) is 0 Å². The van der Waals surface area contributed by atoms with E-state index in [4.69, 9.17) is 24.8 Å². The van der Waals surface area contributed by atoms with Crippen molar-refractivity contribution in [2.45, 2.75) is 167 Å². The van der Waals surface area contributed by atoms with E-state index in [-0.39, 0.29) is 19.4 Å². The van der Waals surface area contributed by atoms with E-state index in [1.165, 1.54) is 77.0 Å². The predicted octanol–water partition coefficient (Wildman–Crippen LogP) is 7.61. The Balaban J connectivity index is 4.45. The van der Waals surface area contributed by atoms with Crippen LogP contribution in [0.25, 0.3) is 0 Å². The van der Waals surface area contributed by atoms with Gasteiger partial charge in [-0.1, -0.05) is 129 Å². The number of phosphoric acid groups is 1. The van der Waals surface area contributed by atoms with Gasteiger partial charge in [0.05, 0.1) is 13.2 Å². The van der Waals surface area contributed by atoms with Gasteiger partial charge in [0.2, 0.25) is 0 Å². The number of hydrogen-bond acceptors (Lipinski definition) is 9. The molecular weight excluding hydrogens is 589 g/mol. The van der Waals surface area contributed by atoms with Gasteiger partial charge in [-0.05, 0) is 12.8 Å². The van der Waals surface area contributed by atoms with E-state index >= 15 is 0 Å². The van der Waals surface area contributed by atoms with E-state index < -0.39 is 51.1 Å². The molecule has 0 bridgehead atoms. The average molecular weight is 652 g/mol. The zero-order chi connectivity index (χ0) is 32.9. The Morgan fingerprint density at radius 2 is 1.00 bits per heavy atom. The molecule has 0 aliphatic rings. The highest BCUT2D eigenvalue weighted by Gasteiger charge is 2.28. The van der Waals surface area contributed by atoms with E-state index in [0.29, 0.717) is 12.8 Å². The van der Waals surface area contributed by atoms with Crippen LogP contribution in [-0.2, 0) is 37.5 Å². The van der Waals surface area contributed by atoms with Crippen molar-refractivity contribution in [3.63, 3.8) is 0 Å². The lowest BCUT2D eigenvalue weighted by Crippen LogP contribution is -2.34. The molecule has 0 rings (SSSR count). The van der Waals surface area contributed by atoms with Crippen LogP contribution in [0.5, 0.6) is 0 Å². The summed E-state index contributed by atoms with van der Waals surface area (Å²) in [4.78, 5) is 45.4. The van der Waals surface area contributed by atoms with Crippen molar-refractivity contribution in [2.75, 3.05) is 19.8 Å². The van der Waals surface area contributed by atoms with Gasteiger partial charge in [-0.25, -0.2) is 4.57 Å². The quantitative estimate of drug-likeness (QED) is 0.0371. The first-order valence-electron chi connectivity index (χ1n) is 17.1. The molecule has 0 aromatic rings. The molecule has 260 valence electrons. The summed E-state index contributed by atoms with van der Waals surface area (Å²) in [7, 11) is -4.69. The SMILES string of the molecule is CCCCCCCCCCCCCCCC(=O)O[C@@H](COC(=O)CCCCCCCCC)COP(=O)(O)OC[C@H](N)C(=O)O. The molecule has 1 unspecified atom stereocenters. The highest BCUT2D eigenvalue weighted by atomic mass is 31.2. The Kier molecular flexibility index (Phi) is 27.9. The lowest BCUT2D eigenvalue weighted by Gasteiger charge is -2.20. The van der Waals surface area contributed by atoms with Crippen molar-refractivity contribution < 1.29 is 47.5 Å². The molecule has 4 N–H and O–H groups in total. The topological polar surface area (TPSA) is 172 Å². The van der Waals surface area contributed by atoms with Crippen LogP contribution in [0.2, 0.25) is 0 Å². The minimum absolute atomic E-state index is 0.168. The van der Waals surface area contributed by atoms with Gasteiger partial charge in [-0.2, -0.15) is 0 Å². The monoisotopic (exact) mass is 651 g/mol. The van der Waals surface area contributed by atoms with Crippen LogP contribution < -0.4 is 5.73 Å². The Labute approximate surface area is 265 Å². The molecule has 0 aliphatic heterocycles. The minimum atomic E-state index is -4.69. The summed E-state index contributed by atoms with van der Waals surface area (Å²) in [5, 5.41) is 8.81. The van der Waals surface area contributed by atoms with E-state index in [2.05, 4.69) is 18.4 Å². The normalized spacial score (nSPS) is 14.1. The maximum atomic E-state index is 12.5. The molecule has 0 fully saturated rings. The number of phosphoric ester groups is 1. The van der Waals surface area contributed by atoms with Gasteiger partial charge in [0.25, 0.3) is 0 Å². The standard InChI is InChI=1S/C32H62NO10P/c1-3-5-7-9-11-12-13-14-15-16-18-20-22-24-31(35)43-28(26-41-44(38,39)42-27-29(33)32(36)37)25-40-30(34)23-21-19-17-10-8-6-4-2/h28-29H,3-27,33H2,1-2H3,(H,36,37)(H,38,39)/t28-,29-/m0/s1. The summed E-state index contributed by atoms with van der Waals surface area (Å²) < 4.78 is 32.3. The van der Waals surface area contributed by atoms with E-state index in [9.17, 15) is 23.8 Å². The second-order valence-corrected chi connectivity index (χ2v) is 13.1. The average Bonchev–Trinajstić information content (AvgIpc) is 2.99. The van der Waals surface area contributed by atoms with Crippen LogP contribution in [0.3, 0.4) is 0 Å². The largest absolute Gasteiger partial charge is 0.480 e. The molecule has 12 heteroatoms. The number of carboxylic acids is 1. The molecule has 0 spiro atoms. The Hall–Kier alpha value is -1.52. The number of aliphatic carboxylic acids is 1. The van der Waals surface area contributed by atoms with Crippen molar-refractivity contribution in [1.29, 1.82) is 0 Å². The molecule has 0 amide bonds. The van der Waals surface area contributed by atoms with E-state index in [1.54, 1.807) is 0 Å². The predicted molar refractivity (Wildman–Crippen MR) is 171 cm³/mol. The second kappa shape index (κ2) is 28.9. The summed E-state index contributed by atoms with van der Waals surface area (Å²) in [6.45, 7) is 2.72.